The van der Waals surface area contributed by atoms with E-state index in [1.165, 1.54) is 17.5 Å². The minimum Gasteiger partial charge on any atom is -0.347 e. The summed E-state index contributed by atoms with van der Waals surface area (Å²) in [6.07, 6.45) is 2.79. The summed E-state index contributed by atoms with van der Waals surface area (Å²) < 4.78 is 15.2. The normalized spacial score (nSPS) is 10.4. The molecule has 5 nitrogen and oxygen atoms in total. The molecule has 0 fully saturated rings. The number of anilines is 1. The number of amides is 2. The van der Waals surface area contributed by atoms with E-state index in [0.717, 1.165) is 24.5 Å². The highest BCUT2D eigenvalue weighted by Crippen LogP contribution is 2.16. The van der Waals surface area contributed by atoms with Gasteiger partial charge < -0.3 is 15.2 Å². The Hall–Kier alpha value is -3.33. The molecule has 25 heavy (non-hydrogen) atoms. The molecule has 2 N–H and O–H groups in total. The molecule has 2 aromatic carbocycles. The number of nitrogens with zero attached hydrogens (tertiary/aromatic N) is 2. The maximum atomic E-state index is 13.1. The van der Waals surface area contributed by atoms with E-state index in [4.69, 9.17) is 5.26 Å². The third kappa shape index (κ3) is 3.96. The molecule has 0 unspecified atom stereocenters. The molecule has 2 amide bonds. The zero-order valence-corrected chi connectivity index (χ0v) is 13.5. The summed E-state index contributed by atoms with van der Waals surface area (Å²) >= 11 is 0. The van der Waals surface area contributed by atoms with E-state index < -0.39 is 11.8 Å². The van der Waals surface area contributed by atoms with Crippen molar-refractivity contribution < 1.29 is 9.18 Å². The van der Waals surface area contributed by atoms with Crippen LogP contribution in [-0.4, -0.2) is 17.1 Å². The molecule has 1 heterocycles. The molecule has 0 saturated carbocycles. The SMILES string of the molecule is N#Cc1cc(F)ccc1NC(=O)NCCCn1ccc2ccccc21. The number of benzene rings is 2. The van der Waals surface area contributed by atoms with Crippen LogP contribution in [0.25, 0.3) is 10.9 Å². The standard InChI is InChI=1S/C19H17FN4O/c20-16-6-7-17(15(12-16)13-21)23-19(25)22-9-3-10-24-11-8-14-4-1-2-5-18(14)24/h1-2,4-8,11-12H,3,9-10H2,(H2,22,23,25). The molecule has 6 heteroatoms. The van der Waals surface area contributed by atoms with Crippen LogP contribution < -0.4 is 10.6 Å². The van der Waals surface area contributed by atoms with Crippen molar-refractivity contribution in [1.29, 1.82) is 5.26 Å². The number of urea groups is 1. The lowest BCUT2D eigenvalue weighted by molar-refractivity contribution is 0.252. The summed E-state index contributed by atoms with van der Waals surface area (Å²) in [7, 11) is 0. The minimum absolute atomic E-state index is 0.0916. The van der Waals surface area contributed by atoms with E-state index in [0.29, 0.717) is 6.54 Å². The van der Waals surface area contributed by atoms with Gasteiger partial charge in [0.15, 0.2) is 0 Å². The number of nitriles is 1. The van der Waals surface area contributed by atoms with Crippen LogP contribution in [0.5, 0.6) is 0 Å². The lowest BCUT2D eigenvalue weighted by Gasteiger charge is -2.10. The van der Waals surface area contributed by atoms with Crippen molar-refractivity contribution in [2.45, 2.75) is 13.0 Å². The van der Waals surface area contributed by atoms with Gasteiger partial charge in [0.2, 0.25) is 0 Å². The van der Waals surface area contributed by atoms with Crippen molar-refractivity contribution in [3.63, 3.8) is 0 Å². The maximum absolute atomic E-state index is 13.1. The Morgan fingerprint density at radius 1 is 1.20 bits per heavy atom. The summed E-state index contributed by atoms with van der Waals surface area (Å²) in [6, 6.07) is 15.3. The Balaban J connectivity index is 1.49. The Labute approximate surface area is 144 Å². The number of aromatic nitrogens is 1. The van der Waals surface area contributed by atoms with Crippen molar-refractivity contribution in [3.05, 3.63) is 66.1 Å². The smallest absolute Gasteiger partial charge is 0.319 e. The van der Waals surface area contributed by atoms with Crippen molar-refractivity contribution in [2.75, 3.05) is 11.9 Å². The summed E-state index contributed by atoms with van der Waals surface area (Å²) in [4.78, 5) is 11.9. The van der Waals surface area contributed by atoms with E-state index in [1.54, 1.807) is 0 Å². The second-order valence-electron chi connectivity index (χ2n) is 5.60. The van der Waals surface area contributed by atoms with Crippen molar-refractivity contribution in [2.24, 2.45) is 0 Å². The topological polar surface area (TPSA) is 69.8 Å². The molecular formula is C19H17FN4O. The number of nitrogens with one attached hydrogen (secondary N) is 2. The quantitative estimate of drug-likeness (QED) is 0.695. The Morgan fingerprint density at radius 3 is 2.88 bits per heavy atom. The van der Waals surface area contributed by atoms with Gasteiger partial charge in [-0.3, -0.25) is 0 Å². The molecule has 0 bridgehead atoms. The molecule has 0 atom stereocenters. The van der Waals surface area contributed by atoms with Gasteiger partial charge in [-0.2, -0.15) is 5.26 Å². The third-order valence-corrected chi connectivity index (χ3v) is 3.89. The lowest BCUT2D eigenvalue weighted by atomic mass is 10.2. The average molecular weight is 336 g/mol. The summed E-state index contributed by atoms with van der Waals surface area (Å²) in [6.45, 7) is 1.27. The van der Waals surface area contributed by atoms with Crippen LogP contribution >= 0.6 is 0 Å². The van der Waals surface area contributed by atoms with E-state index in [1.807, 2.05) is 24.4 Å². The largest absolute Gasteiger partial charge is 0.347 e. The predicted octanol–water partition coefficient (Wildman–Crippen LogP) is 3.86. The second kappa shape index (κ2) is 7.49. The van der Waals surface area contributed by atoms with Gasteiger partial charge in [-0.25, -0.2) is 9.18 Å². The molecule has 3 rings (SSSR count). The molecule has 0 aliphatic rings. The van der Waals surface area contributed by atoms with Gasteiger partial charge in [-0.15, -0.1) is 0 Å². The van der Waals surface area contributed by atoms with Crippen LogP contribution in [0.4, 0.5) is 14.9 Å². The van der Waals surface area contributed by atoms with Crippen LogP contribution in [-0.2, 0) is 6.54 Å². The zero-order valence-electron chi connectivity index (χ0n) is 13.5. The second-order valence-corrected chi connectivity index (χ2v) is 5.60. The number of aryl methyl sites for hydroxylation is 1. The number of rotatable bonds is 5. The molecule has 1 aromatic heterocycles. The first-order valence-electron chi connectivity index (χ1n) is 7.96. The fourth-order valence-corrected chi connectivity index (χ4v) is 2.67. The molecule has 0 spiro atoms. The van der Waals surface area contributed by atoms with Gasteiger partial charge in [0, 0.05) is 24.8 Å². The van der Waals surface area contributed by atoms with Crippen LogP contribution in [0.15, 0.2) is 54.7 Å². The number of hydrogen-bond acceptors (Lipinski definition) is 2. The third-order valence-electron chi connectivity index (χ3n) is 3.89. The average Bonchev–Trinajstić information content (AvgIpc) is 3.03. The molecule has 0 aliphatic carbocycles. The number of hydrogen-bond donors (Lipinski definition) is 2. The zero-order chi connectivity index (χ0) is 17.6. The Bertz CT molecular complexity index is 942. The highest BCUT2D eigenvalue weighted by Gasteiger charge is 2.07. The highest BCUT2D eigenvalue weighted by molar-refractivity contribution is 5.90. The van der Waals surface area contributed by atoms with Crippen LogP contribution in [0.1, 0.15) is 12.0 Å². The molecule has 126 valence electrons. The molecular weight excluding hydrogens is 319 g/mol. The van der Waals surface area contributed by atoms with Crippen molar-refractivity contribution in [3.8, 4) is 6.07 Å². The Kier molecular flexibility index (Phi) is 4.95. The van der Waals surface area contributed by atoms with Crippen molar-refractivity contribution in [1.82, 2.24) is 9.88 Å². The van der Waals surface area contributed by atoms with Crippen LogP contribution in [0.3, 0.4) is 0 Å². The van der Waals surface area contributed by atoms with Gasteiger partial charge in [0.05, 0.1) is 11.3 Å². The number of carbonyl (C=O) groups is 1. The van der Waals surface area contributed by atoms with E-state index in [2.05, 4.69) is 33.4 Å². The number of fused-ring (bicyclic) bond motifs is 1. The predicted molar refractivity (Wildman–Crippen MR) is 94.7 cm³/mol. The molecule has 0 radical (unpaired) electrons. The summed E-state index contributed by atoms with van der Waals surface area (Å²) in [5.74, 6) is -0.513. The van der Waals surface area contributed by atoms with Gasteiger partial charge in [-0.1, -0.05) is 18.2 Å². The van der Waals surface area contributed by atoms with Crippen LogP contribution in [0, 0.1) is 17.1 Å². The van der Waals surface area contributed by atoms with E-state index in [-0.39, 0.29) is 11.3 Å². The maximum Gasteiger partial charge on any atom is 0.319 e. The van der Waals surface area contributed by atoms with Crippen molar-refractivity contribution >= 4 is 22.6 Å². The fraction of sp³-hybridized carbons (Fsp3) is 0.158. The molecule has 3 aromatic rings. The minimum atomic E-state index is -0.513. The summed E-state index contributed by atoms with van der Waals surface area (Å²) in [5.41, 5.74) is 1.55. The number of carbonyl (C=O) groups excluding carboxylic acids is 1. The first kappa shape index (κ1) is 16.5. The molecule has 0 aliphatic heterocycles. The van der Waals surface area contributed by atoms with Gasteiger partial charge in [-0.05, 0) is 42.1 Å². The first-order chi connectivity index (χ1) is 12.2. The number of para-hydroxylation sites is 1. The monoisotopic (exact) mass is 336 g/mol. The van der Waals surface area contributed by atoms with E-state index >= 15 is 0 Å². The lowest BCUT2D eigenvalue weighted by Crippen LogP contribution is -2.30. The van der Waals surface area contributed by atoms with E-state index in [9.17, 15) is 9.18 Å². The summed E-state index contributed by atoms with van der Waals surface area (Å²) in [5, 5.41) is 15.5. The Morgan fingerprint density at radius 2 is 2.04 bits per heavy atom. The number of halogens is 1. The fourth-order valence-electron chi connectivity index (χ4n) is 2.67. The van der Waals surface area contributed by atoms with Gasteiger partial charge >= 0.3 is 6.03 Å². The van der Waals surface area contributed by atoms with Gasteiger partial charge in [0.1, 0.15) is 11.9 Å². The molecule has 0 saturated heterocycles. The first-order valence-corrected chi connectivity index (χ1v) is 7.96. The highest BCUT2D eigenvalue weighted by atomic mass is 19.1. The van der Waals surface area contributed by atoms with Crippen LogP contribution in [0.2, 0.25) is 0 Å². The van der Waals surface area contributed by atoms with Gasteiger partial charge in [0.25, 0.3) is 0 Å².